The van der Waals surface area contributed by atoms with E-state index in [1.54, 1.807) is 0 Å². The minimum atomic E-state index is -1.47. The summed E-state index contributed by atoms with van der Waals surface area (Å²) in [5.74, 6) is -2.99. The molecule has 0 aliphatic heterocycles. The number of rotatable bonds is 4. The molecule has 1 aromatic heterocycles. The van der Waals surface area contributed by atoms with Crippen molar-refractivity contribution in [3.8, 4) is 11.6 Å². The molecule has 0 aliphatic carbocycles. The summed E-state index contributed by atoms with van der Waals surface area (Å²) in [5.41, 5.74) is -0.924. The Morgan fingerprint density at radius 1 is 1.48 bits per heavy atom. The van der Waals surface area contributed by atoms with E-state index in [2.05, 4.69) is 20.9 Å². The van der Waals surface area contributed by atoms with Crippen molar-refractivity contribution in [3.05, 3.63) is 56.4 Å². The van der Waals surface area contributed by atoms with Crippen LogP contribution in [0.2, 0.25) is 0 Å². The van der Waals surface area contributed by atoms with Crippen LogP contribution in [-0.4, -0.2) is 21.0 Å². The lowest BCUT2D eigenvalue weighted by molar-refractivity contribution is -0.385. The van der Waals surface area contributed by atoms with Crippen LogP contribution in [0.1, 0.15) is 10.4 Å². The molecule has 9 heteroatoms. The maximum absolute atomic E-state index is 13.0. The number of hydrogen-bond acceptors (Lipinski definition) is 5. The first-order valence-electron chi connectivity index (χ1n) is 5.39. The number of pyridine rings is 1. The monoisotopic (exact) mass is 356 g/mol. The van der Waals surface area contributed by atoms with Gasteiger partial charge >= 0.3 is 11.7 Å². The Balaban J connectivity index is 2.53. The highest BCUT2D eigenvalue weighted by molar-refractivity contribution is 9.10. The second-order valence-electron chi connectivity index (χ2n) is 3.76. The normalized spacial score (nSPS) is 10.2. The average molecular weight is 357 g/mol. The number of para-hydroxylation sites is 1. The van der Waals surface area contributed by atoms with E-state index in [1.165, 1.54) is 18.2 Å². The van der Waals surface area contributed by atoms with E-state index in [0.717, 1.165) is 6.20 Å². The van der Waals surface area contributed by atoms with Gasteiger partial charge in [0.1, 0.15) is 11.4 Å². The summed E-state index contributed by atoms with van der Waals surface area (Å²) in [6.45, 7) is 0. The van der Waals surface area contributed by atoms with Gasteiger partial charge < -0.3 is 9.84 Å². The molecule has 0 aliphatic rings. The molecular weight excluding hydrogens is 351 g/mol. The van der Waals surface area contributed by atoms with Gasteiger partial charge in [0.25, 0.3) is 0 Å². The number of carbonyl (C=O) groups is 1. The summed E-state index contributed by atoms with van der Waals surface area (Å²) in [6, 6.07) is 4.80. The summed E-state index contributed by atoms with van der Waals surface area (Å²) in [4.78, 5) is 24.8. The predicted molar refractivity (Wildman–Crippen MR) is 72.0 cm³/mol. The molecule has 0 spiro atoms. The van der Waals surface area contributed by atoms with Crippen molar-refractivity contribution in [2.45, 2.75) is 0 Å². The molecule has 1 N–H and O–H groups in total. The van der Waals surface area contributed by atoms with Gasteiger partial charge in [-0.05, 0) is 28.1 Å². The lowest BCUT2D eigenvalue weighted by Gasteiger charge is -2.09. The summed E-state index contributed by atoms with van der Waals surface area (Å²) >= 11 is 3.07. The van der Waals surface area contributed by atoms with E-state index >= 15 is 0 Å². The number of benzene rings is 1. The van der Waals surface area contributed by atoms with Gasteiger partial charge in [-0.2, -0.15) is 0 Å². The Morgan fingerprint density at radius 3 is 2.81 bits per heavy atom. The van der Waals surface area contributed by atoms with Crippen LogP contribution in [0.15, 0.2) is 34.9 Å². The SMILES string of the molecule is O=C(O)c1cc(F)cnc1Oc1c(Br)cccc1[N+](=O)[O-]. The molecule has 0 radical (unpaired) electrons. The van der Waals surface area contributed by atoms with Crippen LogP contribution in [0, 0.1) is 15.9 Å². The third kappa shape index (κ3) is 3.14. The van der Waals surface area contributed by atoms with Crippen LogP contribution < -0.4 is 4.74 Å². The topological polar surface area (TPSA) is 103 Å². The molecule has 7 nitrogen and oxygen atoms in total. The van der Waals surface area contributed by atoms with E-state index in [4.69, 9.17) is 9.84 Å². The van der Waals surface area contributed by atoms with Gasteiger partial charge in [0.15, 0.2) is 0 Å². The van der Waals surface area contributed by atoms with Crippen LogP contribution in [0.3, 0.4) is 0 Å². The number of halogens is 2. The zero-order valence-electron chi connectivity index (χ0n) is 10.1. The van der Waals surface area contributed by atoms with Gasteiger partial charge in [-0.25, -0.2) is 14.2 Å². The highest BCUT2D eigenvalue weighted by atomic mass is 79.9. The van der Waals surface area contributed by atoms with E-state index in [0.29, 0.717) is 6.07 Å². The Hall–Kier alpha value is -2.55. The molecule has 2 aromatic rings. The minimum Gasteiger partial charge on any atom is -0.477 e. The van der Waals surface area contributed by atoms with Crippen LogP contribution in [0.25, 0.3) is 0 Å². The molecule has 1 aromatic carbocycles. The molecule has 0 amide bonds. The maximum Gasteiger partial charge on any atom is 0.341 e. The molecule has 2 rings (SSSR count). The average Bonchev–Trinajstić information content (AvgIpc) is 2.42. The second-order valence-corrected chi connectivity index (χ2v) is 4.61. The number of aromatic carboxylic acids is 1. The molecule has 0 unspecified atom stereocenters. The highest BCUT2D eigenvalue weighted by Gasteiger charge is 2.22. The lowest BCUT2D eigenvalue weighted by atomic mass is 10.2. The first-order chi connectivity index (χ1) is 9.90. The number of hydrogen-bond donors (Lipinski definition) is 1. The highest BCUT2D eigenvalue weighted by Crippen LogP contribution is 2.38. The van der Waals surface area contributed by atoms with Crippen molar-refractivity contribution in [1.29, 1.82) is 0 Å². The standard InChI is InChI=1S/C12H6BrFN2O5/c13-8-2-1-3-9(16(19)20)10(8)21-11-7(12(17)18)4-6(14)5-15-11/h1-5H,(H,17,18). The molecule has 0 bridgehead atoms. The van der Waals surface area contributed by atoms with E-state index in [9.17, 15) is 19.3 Å². The Morgan fingerprint density at radius 2 is 2.19 bits per heavy atom. The smallest absolute Gasteiger partial charge is 0.341 e. The van der Waals surface area contributed by atoms with E-state index in [1.807, 2.05) is 0 Å². The molecule has 0 saturated carbocycles. The fraction of sp³-hybridized carbons (Fsp3) is 0. The van der Waals surface area contributed by atoms with Crippen molar-refractivity contribution in [2.24, 2.45) is 0 Å². The van der Waals surface area contributed by atoms with Crippen molar-refractivity contribution in [1.82, 2.24) is 4.98 Å². The number of carboxylic acids is 1. The van der Waals surface area contributed by atoms with Crippen molar-refractivity contribution < 1.29 is 24.0 Å². The molecule has 0 atom stereocenters. The maximum atomic E-state index is 13.0. The van der Waals surface area contributed by atoms with Gasteiger partial charge in [0, 0.05) is 6.07 Å². The van der Waals surface area contributed by atoms with Crippen LogP contribution in [0.5, 0.6) is 11.6 Å². The van der Waals surface area contributed by atoms with Crippen molar-refractivity contribution >= 4 is 27.6 Å². The van der Waals surface area contributed by atoms with Gasteiger partial charge in [-0.1, -0.05) is 6.07 Å². The van der Waals surface area contributed by atoms with Crippen molar-refractivity contribution in [2.75, 3.05) is 0 Å². The van der Waals surface area contributed by atoms with Crippen molar-refractivity contribution in [3.63, 3.8) is 0 Å². The number of carboxylic acid groups (broad SMARTS) is 1. The summed E-state index contributed by atoms with van der Waals surface area (Å²) in [6.07, 6.45) is 0.754. The third-order valence-electron chi connectivity index (χ3n) is 2.39. The number of nitrogens with zero attached hydrogens (tertiary/aromatic N) is 2. The number of aromatic nitrogens is 1. The molecular formula is C12H6BrFN2O5. The van der Waals surface area contributed by atoms with E-state index in [-0.39, 0.29) is 15.9 Å². The van der Waals surface area contributed by atoms with Gasteiger partial charge in [-0.3, -0.25) is 10.1 Å². The molecule has 0 saturated heterocycles. The summed E-state index contributed by atoms with van der Waals surface area (Å²) in [7, 11) is 0. The van der Waals surface area contributed by atoms with Gasteiger partial charge in [-0.15, -0.1) is 0 Å². The Bertz CT molecular complexity index is 738. The Labute approximate surface area is 125 Å². The van der Waals surface area contributed by atoms with Gasteiger partial charge in [0.05, 0.1) is 15.6 Å². The molecule has 21 heavy (non-hydrogen) atoms. The van der Waals surface area contributed by atoms with E-state index < -0.39 is 28.2 Å². The first kappa shape index (κ1) is 14.9. The largest absolute Gasteiger partial charge is 0.477 e. The summed E-state index contributed by atoms with van der Waals surface area (Å²) < 4.78 is 18.5. The minimum absolute atomic E-state index is 0.218. The fourth-order valence-corrected chi connectivity index (χ4v) is 1.94. The number of ether oxygens (including phenoxy) is 1. The number of nitro groups is 1. The third-order valence-corrected chi connectivity index (χ3v) is 3.01. The van der Waals surface area contributed by atoms with Crippen LogP contribution in [0.4, 0.5) is 10.1 Å². The molecule has 0 fully saturated rings. The second kappa shape index (κ2) is 5.83. The fourth-order valence-electron chi connectivity index (χ4n) is 1.50. The zero-order chi connectivity index (χ0) is 15.6. The lowest BCUT2D eigenvalue weighted by Crippen LogP contribution is -2.04. The van der Waals surface area contributed by atoms with Gasteiger partial charge in [0.2, 0.25) is 11.6 Å². The molecule has 1 heterocycles. The Kier molecular flexibility index (Phi) is 4.13. The van der Waals surface area contributed by atoms with Crippen LogP contribution >= 0.6 is 15.9 Å². The predicted octanol–water partition coefficient (Wildman–Crippen LogP) is 3.38. The number of nitro benzene ring substituents is 1. The zero-order valence-corrected chi connectivity index (χ0v) is 11.7. The molecule has 108 valence electrons. The van der Waals surface area contributed by atoms with Crippen LogP contribution in [-0.2, 0) is 0 Å². The first-order valence-corrected chi connectivity index (χ1v) is 6.19. The quantitative estimate of drug-likeness (QED) is 0.665. The summed E-state index contributed by atoms with van der Waals surface area (Å²) in [5, 5.41) is 19.9.